The highest BCUT2D eigenvalue weighted by Gasteiger charge is 1.97. The maximum atomic E-state index is 5.07. The van der Waals surface area contributed by atoms with Gasteiger partial charge < -0.3 is 5.32 Å². The normalized spacial score (nSPS) is 10.9. The molecule has 0 unspecified atom stereocenters. The number of nitrogens with zero attached hydrogens (tertiary/aromatic N) is 1. The highest BCUT2D eigenvalue weighted by Crippen LogP contribution is 2.07. The van der Waals surface area contributed by atoms with Crippen LogP contribution in [0.1, 0.15) is 30.5 Å². The summed E-state index contributed by atoms with van der Waals surface area (Å²) in [5.41, 5.74) is 6.32. The molecule has 0 aromatic heterocycles. The Hall–Kier alpha value is -1.42. The van der Waals surface area contributed by atoms with Crippen LogP contribution in [0.3, 0.4) is 0 Å². The number of hydrazone groups is 1. The first kappa shape index (κ1) is 13.6. The molecule has 0 aliphatic carbocycles. The van der Waals surface area contributed by atoms with Crippen LogP contribution in [0.25, 0.3) is 0 Å². The molecule has 4 heteroatoms. The van der Waals surface area contributed by atoms with E-state index in [2.05, 4.69) is 47.9 Å². The molecule has 0 saturated carbocycles. The van der Waals surface area contributed by atoms with Crippen molar-refractivity contribution in [3.05, 3.63) is 34.9 Å². The fraction of sp³-hybridized carbons (Fsp3) is 0.385. The second-order valence-corrected chi connectivity index (χ2v) is 4.77. The van der Waals surface area contributed by atoms with Crippen LogP contribution in [-0.4, -0.2) is 17.4 Å². The summed E-state index contributed by atoms with van der Waals surface area (Å²) in [5, 5.41) is 7.72. The van der Waals surface area contributed by atoms with Crippen molar-refractivity contribution in [1.29, 1.82) is 0 Å². The summed E-state index contributed by atoms with van der Waals surface area (Å²) < 4.78 is 0. The molecule has 0 aliphatic rings. The fourth-order valence-electron chi connectivity index (χ4n) is 1.35. The quantitative estimate of drug-likeness (QED) is 0.491. The van der Waals surface area contributed by atoms with Gasteiger partial charge in [-0.25, -0.2) is 0 Å². The molecule has 0 bridgehead atoms. The lowest BCUT2D eigenvalue weighted by molar-refractivity contribution is 0.720. The van der Waals surface area contributed by atoms with Gasteiger partial charge in [0.15, 0.2) is 5.11 Å². The van der Waals surface area contributed by atoms with E-state index in [9.17, 15) is 0 Å². The summed E-state index contributed by atoms with van der Waals surface area (Å²) in [6, 6.07) is 6.58. The Kier molecular flexibility index (Phi) is 5.10. The van der Waals surface area contributed by atoms with Crippen LogP contribution in [0.5, 0.6) is 0 Å². The van der Waals surface area contributed by atoms with Gasteiger partial charge in [0.25, 0.3) is 0 Å². The molecule has 0 spiro atoms. The Morgan fingerprint density at radius 2 is 2.06 bits per heavy atom. The van der Waals surface area contributed by atoms with E-state index in [1.54, 1.807) is 6.21 Å². The van der Waals surface area contributed by atoms with Crippen LogP contribution in [-0.2, 0) is 0 Å². The number of rotatable bonds is 3. The Balaban J connectivity index is 2.59. The maximum absolute atomic E-state index is 5.07. The minimum absolute atomic E-state index is 0.311. The highest BCUT2D eigenvalue weighted by molar-refractivity contribution is 7.80. The van der Waals surface area contributed by atoms with Crippen molar-refractivity contribution >= 4 is 23.5 Å². The standard InChI is InChI=1S/C13H19N3S/c1-9(2)15-13(17)16-14-8-12-7-10(3)5-6-11(12)4/h5-9H,1-4H3,(H2,15,16,17)/b14-8-. The van der Waals surface area contributed by atoms with Crippen LogP contribution in [0.15, 0.2) is 23.3 Å². The molecule has 92 valence electrons. The molecule has 17 heavy (non-hydrogen) atoms. The summed E-state index contributed by atoms with van der Waals surface area (Å²) in [7, 11) is 0. The van der Waals surface area contributed by atoms with Gasteiger partial charge in [-0.05, 0) is 51.0 Å². The molecular weight excluding hydrogens is 230 g/mol. The zero-order valence-electron chi connectivity index (χ0n) is 10.7. The lowest BCUT2D eigenvalue weighted by atomic mass is 10.1. The van der Waals surface area contributed by atoms with Crippen LogP contribution in [0.2, 0.25) is 0 Å². The smallest absolute Gasteiger partial charge is 0.187 e. The lowest BCUT2D eigenvalue weighted by Gasteiger charge is -2.09. The molecule has 0 aliphatic heterocycles. The van der Waals surface area contributed by atoms with Gasteiger partial charge in [-0.3, -0.25) is 5.43 Å². The number of benzene rings is 1. The molecule has 0 saturated heterocycles. The second kappa shape index (κ2) is 6.35. The van der Waals surface area contributed by atoms with Crippen molar-refractivity contribution in [2.45, 2.75) is 33.7 Å². The topological polar surface area (TPSA) is 36.4 Å². The maximum Gasteiger partial charge on any atom is 0.187 e. The lowest BCUT2D eigenvalue weighted by Crippen LogP contribution is -2.36. The number of hydrogen-bond donors (Lipinski definition) is 2. The number of hydrogen-bond acceptors (Lipinski definition) is 2. The Morgan fingerprint density at radius 1 is 1.35 bits per heavy atom. The fourth-order valence-corrected chi connectivity index (χ4v) is 1.64. The van der Waals surface area contributed by atoms with Crippen LogP contribution in [0, 0.1) is 13.8 Å². The zero-order chi connectivity index (χ0) is 12.8. The van der Waals surface area contributed by atoms with Gasteiger partial charge in [-0.1, -0.05) is 23.8 Å². The highest BCUT2D eigenvalue weighted by atomic mass is 32.1. The van der Waals surface area contributed by atoms with Crippen molar-refractivity contribution in [2.24, 2.45) is 5.10 Å². The van der Waals surface area contributed by atoms with Gasteiger partial charge in [0.1, 0.15) is 0 Å². The number of thiocarbonyl (C=S) groups is 1. The van der Waals surface area contributed by atoms with Crippen molar-refractivity contribution in [2.75, 3.05) is 0 Å². The molecule has 0 heterocycles. The minimum atomic E-state index is 0.311. The van der Waals surface area contributed by atoms with Gasteiger partial charge in [0.2, 0.25) is 0 Å². The molecule has 3 nitrogen and oxygen atoms in total. The van der Waals surface area contributed by atoms with Gasteiger partial charge in [0, 0.05) is 6.04 Å². The van der Waals surface area contributed by atoms with E-state index < -0.39 is 0 Å². The molecule has 1 aromatic carbocycles. The first-order chi connectivity index (χ1) is 7.99. The SMILES string of the molecule is Cc1ccc(C)c(/C=N\NC(=S)NC(C)C)c1. The Morgan fingerprint density at radius 3 is 2.71 bits per heavy atom. The van der Waals surface area contributed by atoms with Crippen LogP contribution < -0.4 is 10.7 Å². The monoisotopic (exact) mass is 249 g/mol. The van der Waals surface area contributed by atoms with E-state index in [0.29, 0.717) is 11.2 Å². The molecule has 2 N–H and O–H groups in total. The third-order valence-electron chi connectivity index (χ3n) is 2.22. The van der Waals surface area contributed by atoms with Gasteiger partial charge in [0.05, 0.1) is 6.21 Å². The minimum Gasteiger partial charge on any atom is -0.359 e. The van der Waals surface area contributed by atoms with Crippen molar-refractivity contribution in [1.82, 2.24) is 10.7 Å². The van der Waals surface area contributed by atoms with E-state index in [4.69, 9.17) is 12.2 Å². The summed E-state index contributed by atoms with van der Waals surface area (Å²) in [5.74, 6) is 0. The van der Waals surface area contributed by atoms with E-state index in [1.165, 1.54) is 11.1 Å². The predicted octanol–water partition coefficient (Wildman–Crippen LogP) is 2.51. The first-order valence-corrected chi connectivity index (χ1v) is 6.06. The average molecular weight is 249 g/mol. The van der Waals surface area contributed by atoms with Crippen molar-refractivity contribution in [3.8, 4) is 0 Å². The van der Waals surface area contributed by atoms with Crippen LogP contribution in [0.4, 0.5) is 0 Å². The van der Waals surface area contributed by atoms with Gasteiger partial charge in [-0.2, -0.15) is 5.10 Å². The van der Waals surface area contributed by atoms with Gasteiger partial charge >= 0.3 is 0 Å². The largest absolute Gasteiger partial charge is 0.359 e. The van der Waals surface area contributed by atoms with E-state index >= 15 is 0 Å². The van der Waals surface area contributed by atoms with E-state index in [1.807, 2.05) is 13.8 Å². The summed E-state index contributed by atoms with van der Waals surface area (Å²) in [4.78, 5) is 0. The molecule has 1 aromatic rings. The number of nitrogens with one attached hydrogen (secondary N) is 2. The Bertz CT molecular complexity index is 425. The molecule has 0 radical (unpaired) electrons. The average Bonchev–Trinajstić information content (AvgIpc) is 2.22. The van der Waals surface area contributed by atoms with Crippen molar-refractivity contribution in [3.63, 3.8) is 0 Å². The summed E-state index contributed by atoms with van der Waals surface area (Å²) in [6.45, 7) is 8.19. The van der Waals surface area contributed by atoms with E-state index in [-0.39, 0.29) is 0 Å². The van der Waals surface area contributed by atoms with Crippen molar-refractivity contribution < 1.29 is 0 Å². The second-order valence-electron chi connectivity index (χ2n) is 4.36. The molecule has 1 rings (SSSR count). The third kappa shape index (κ3) is 4.95. The first-order valence-electron chi connectivity index (χ1n) is 5.66. The molecule has 0 atom stereocenters. The van der Waals surface area contributed by atoms with E-state index in [0.717, 1.165) is 5.56 Å². The van der Waals surface area contributed by atoms with Gasteiger partial charge in [-0.15, -0.1) is 0 Å². The zero-order valence-corrected chi connectivity index (χ0v) is 11.6. The molecule has 0 fully saturated rings. The summed E-state index contributed by atoms with van der Waals surface area (Å²) in [6.07, 6.45) is 1.79. The Labute approximate surface area is 108 Å². The molecular formula is C13H19N3S. The molecule has 0 amide bonds. The predicted molar refractivity (Wildman–Crippen MR) is 77.5 cm³/mol. The third-order valence-corrected chi connectivity index (χ3v) is 2.43. The van der Waals surface area contributed by atoms with Crippen LogP contribution >= 0.6 is 12.2 Å². The number of aryl methyl sites for hydroxylation is 2. The summed E-state index contributed by atoms with van der Waals surface area (Å²) >= 11 is 5.07.